The Labute approximate surface area is 104 Å². The van der Waals surface area contributed by atoms with E-state index in [1.54, 1.807) is 0 Å². The fraction of sp³-hybridized carbons (Fsp3) is 0.455. The Balaban J connectivity index is 2.47. The summed E-state index contributed by atoms with van der Waals surface area (Å²) in [5, 5.41) is 9.38. The van der Waals surface area contributed by atoms with Crippen LogP contribution in [-0.4, -0.2) is 35.6 Å². The van der Waals surface area contributed by atoms with Crippen molar-refractivity contribution < 1.29 is 5.11 Å². The summed E-state index contributed by atoms with van der Waals surface area (Å²) in [5.41, 5.74) is 1.22. The molecule has 0 saturated carbocycles. The van der Waals surface area contributed by atoms with E-state index in [9.17, 15) is 5.11 Å². The Morgan fingerprint density at radius 2 is 2.27 bits per heavy atom. The van der Waals surface area contributed by atoms with Crippen molar-refractivity contribution in [2.75, 3.05) is 19.5 Å². The quantitative estimate of drug-likeness (QED) is 0.843. The van der Waals surface area contributed by atoms with Gasteiger partial charge in [-0.2, -0.15) is 0 Å². The molecule has 0 bridgehead atoms. The van der Waals surface area contributed by atoms with E-state index in [1.807, 2.05) is 19.2 Å². The fourth-order valence-corrected chi connectivity index (χ4v) is 1.96. The smallest absolute Gasteiger partial charge is 0.0802 e. The zero-order valence-electron chi connectivity index (χ0n) is 8.66. The van der Waals surface area contributed by atoms with Crippen LogP contribution in [0.5, 0.6) is 0 Å². The summed E-state index contributed by atoms with van der Waals surface area (Å²) >= 11 is 8.97. The van der Waals surface area contributed by atoms with Gasteiger partial charge in [0.05, 0.1) is 6.10 Å². The minimum absolute atomic E-state index is 0.281. The van der Waals surface area contributed by atoms with Gasteiger partial charge >= 0.3 is 0 Å². The maximum atomic E-state index is 9.38. The summed E-state index contributed by atoms with van der Waals surface area (Å²) in [5.74, 6) is 0.281. The SMILES string of the molecule is CN(Cc1cccc(Br)c1)CC(O)CCl. The van der Waals surface area contributed by atoms with E-state index in [0.717, 1.165) is 11.0 Å². The number of aliphatic hydroxyl groups is 1. The summed E-state index contributed by atoms with van der Waals surface area (Å²) in [6, 6.07) is 8.14. The van der Waals surface area contributed by atoms with Gasteiger partial charge in [-0.25, -0.2) is 0 Å². The van der Waals surface area contributed by atoms with Gasteiger partial charge in [-0.1, -0.05) is 28.1 Å². The Morgan fingerprint density at radius 3 is 2.87 bits per heavy atom. The van der Waals surface area contributed by atoms with Gasteiger partial charge in [-0.15, -0.1) is 11.6 Å². The van der Waals surface area contributed by atoms with E-state index in [-0.39, 0.29) is 5.88 Å². The average molecular weight is 293 g/mol. The van der Waals surface area contributed by atoms with Gasteiger partial charge < -0.3 is 5.11 Å². The molecule has 0 heterocycles. The maximum absolute atomic E-state index is 9.38. The fourth-order valence-electron chi connectivity index (χ4n) is 1.42. The van der Waals surface area contributed by atoms with Crippen molar-refractivity contribution in [2.24, 2.45) is 0 Å². The molecule has 1 atom stereocenters. The number of aliphatic hydroxyl groups excluding tert-OH is 1. The van der Waals surface area contributed by atoms with Crippen molar-refractivity contribution in [1.82, 2.24) is 4.90 Å². The first-order chi connectivity index (χ1) is 7.11. The van der Waals surface area contributed by atoms with Gasteiger partial charge in [-0.3, -0.25) is 4.90 Å². The highest BCUT2D eigenvalue weighted by molar-refractivity contribution is 9.10. The Hall–Kier alpha value is -0.0900. The predicted molar refractivity (Wildman–Crippen MR) is 67.2 cm³/mol. The van der Waals surface area contributed by atoms with E-state index < -0.39 is 6.10 Å². The first-order valence-corrected chi connectivity index (χ1v) is 6.11. The average Bonchev–Trinajstić information content (AvgIpc) is 2.17. The Bertz CT molecular complexity index is 308. The van der Waals surface area contributed by atoms with Crippen molar-refractivity contribution in [3.8, 4) is 0 Å². The summed E-state index contributed by atoms with van der Waals surface area (Å²) in [7, 11) is 1.97. The highest BCUT2D eigenvalue weighted by Crippen LogP contribution is 2.13. The maximum Gasteiger partial charge on any atom is 0.0802 e. The van der Waals surface area contributed by atoms with Gasteiger partial charge in [0.25, 0.3) is 0 Å². The van der Waals surface area contributed by atoms with Gasteiger partial charge in [0.1, 0.15) is 0 Å². The topological polar surface area (TPSA) is 23.5 Å². The summed E-state index contributed by atoms with van der Waals surface area (Å²) in [6.07, 6.45) is -0.455. The van der Waals surface area contributed by atoms with E-state index in [4.69, 9.17) is 11.6 Å². The van der Waals surface area contributed by atoms with Crippen LogP contribution in [0.2, 0.25) is 0 Å². The van der Waals surface area contributed by atoms with E-state index in [0.29, 0.717) is 6.54 Å². The minimum Gasteiger partial charge on any atom is -0.391 e. The molecule has 15 heavy (non-hydrogen) atoms. The Morgan fingerprint density at radius 1 is 1.53 bits per heavy atom. The number of benzene rings is 1. The highest BCUT2D eigenvalue weighted by atomic mass is 79.9. The molecule has 84 valence electrons. The van der Waals surface area contributed by atoms with E-state index in [2.05, 4.69) is 33.0 Å². The number of rotatable bonds is 5. The molecule has 4 heteroatoms. The Kier molecular flexibility index (Phi) is 5.61. The lowest BCUT2D eigenvalue weighted by Gasteiger charge is -2.19. The van der Waals surface area contributed by atoms with Gasteiger partial charge in [0.2, 0.25) is 0 Å². The van der Waals surface area contributed by atoms with Gasteiger partial charge in [-0.05, 0) is 24.7 Å². The molecular weight excluding hydrogens is 277 g/mol. The first-order valence-electron chi connectivity index (χ1n) is 4.79. The third kappa shape index (κ3) is 4.98. The van der Waals surface area contributed by atoms with Crippen LogP contribution in [0.3, 0.4) is 0 Å². The standard InChI is InChI=1S/C11H15BrClNO/c1-14(8-11(15)6-13)7-9-3-2-4-10(12)5-9/h2-5,11,15H,6-8H2,1H3. The van der Waals surface area contributed by atoms with E-state index >= 15 is 0 Å². The molecule has 1 unspecified atom stereocenters. The molecule has 0 aliphatic heterocycles. The minimum atomic E-state index is -0.455. The second-order valence-electron chi connectivity index (χ2n) is 3.63. The third-order valence-electron chi connectivity index (χ3n) is 2.04. The van der Waals surface area contributed by atoms with Crippen LogP contribution >= 0.6 is 27.5 Å². The summed E-state index contributed by atoms with van der Waals surface area (Å²) in [6.45, 7) is 1.41. The molecule has 0 aliphatic rings. The van der Waals surface area contributed by atoms with Crippen LogP contribution in [0.4, 0.5) is 0 Å². The largest absolute Gasteiger partial charge is 0.391 e. The monoisotopic (exact) mass is 291 g/mol. The van der Waals surface area contributed by atoms with Crippen molar-refractivity contribution in [3.63, 3.8) is 0 Å². The van der Waals surface area contributed by atoms with Crippen LogP contribution in [0.15, 0.2) is 28.7 Å². The van der Waals surface area contributed by atoms with Crippen LogP contribution in [0.25, 0.3) is 0 Å². The molecule has 1 aromatic rings. The van der Waals surface area contributed by atoms with Crippen molar-refractivity contribution in [2.45, 2.75) is 12.6 Å². The molecular formula is C11H15BrClNO. The second-order valence-corrected chi connectivity index (χ2v) is 4.86. The van der Waals surface area contributed by atoms with Crippen LogP contribution < -0.4 is 0 Å². The normalized spacial score (nSPS) is 13.1. The van der Waals surface area contributed by atoms with Crippen LogP contribution in [0, 0.1) is 0 Å². The van der Waals surface area contributed by atoms with Gasteiger partial charge in [0.15, 0.2) is 0 Å². The number of hydrogen-bond acceptors (Lipinski definition) is 2. The molecule has 0 aromatic heterocycles. The molecule has 0 radical (unpaired) electrons. The van der Waals surface area contributed by atoms with Crippen molar-refractivity contribution >= 4 is 27.5 Å². The zero-order valence-corrected chi connectivity index (χ0v) is 11.0. The molecule has 1 aromatic carbocycles. The molecule has 0 saturated heterocycles. The number of nitrogens with zero attached hydrogens (tertiary/aromatic N) is 1. The van der Waals surface area contributed by atoms with Crippen LogP contribution in [-0.2, 0) is 6.54 Å². The number of halogens is 2. The first kappa shape index (κ1) is 13.0. The molecule has 2 nitrogen and oxygen atoms in total. The van der Waals surface area contributed by atoms with Crippen LogP contribution in [0.1, 0.15) is 5.56 Å². The number of hydrogen-bond donors (Lipinski definition) is 1. The lowest BCUT2D eigenvalue weighted by Crippen LogP contribution is -2.29. The van der Waals surface area contributed by atoms with Crippen molar-refractivity contribution in [3.05, 3.63) is 34.3 Å². The zero-order chi connectivity index (χ0) is 11.3. The molecule has 0 aliphatic carbocycles. The number of likely N-dealkylation sites (N-methyl/N-ethyl adjacent to an activating group) is 1. The predicted octanol–water partition coefficient (Wildman–Crippen LogP) is 2.48. The second kappa shape index (κ2) is 6.48. The molecule has 0 spiro atoms. The third-order valence-corrected chi connectivity index (χ3v) is 2.89. The van der Waals surface area contributed by atoms with Gasteiger partial charge in [0, 0.05) is 23.4 Å². The molecule has 1 N–H and O–H groups in total. The van der Waals surface area contributed by atoms with E-state index in [1.165, 1.54) is 5.56 Å². The molecule has 0 amide bonds. The van der Waals surface area contributed by atoms with Crippen molar-refractivity contribution in [1.29, 1.82) is 0 Å². The highest BCUT2D eigenvalue weighted by Gasteiger charge is 2.07. The molecule has 1 rings (SSSR count). The lowest BCUT2D eigenvalue weighted by molar-refractivity contribution is 0.141. The lowest BCUT2D eigenvalue weighted by atomic mass is 10.2. The number of alkyl halides is 1. The molecule has 0 fully saturated rings. The summed E-state index contributed by atoms with van der Waals surface area (Å²) < 4.78 is 1.08. The summed E-state index contributed by atoms with van der Waals surface area (Å²) in [4.78, 5) is 2.05.